The molecule has 1 aromatic heterocycles. The minimum Gasteiger partial charge on any atom is -0.477 e. The Bertz CT molecular complexity index is 751. The third-order valence-electron chi connectivity index (χ3n) is 3.13. The Balaban J connectivity index is 1.76. The Kier molecular flexibility index (Phi) is 4.35. The van der Waals surface area contributed by atoms with Crippen LogP contribution in [0.4, 0.5) is 10.8 Å². The summed E-state index contributed by atoms with van der Waals surface area (Å²) in [6, 6.07) is 7.02. The number of anilines is 2. The first kappa shape index (κ1) is 15.6. The molecule has 0 bridgehead atoms. The molecule has 2 amide bonds. The van der Waals surface area contributed by atoms with E-state index in [1.807, 2.05) is 0 Å². The third kappa shape index (κ3) is 3.37. The standard InChI is InChI=1S/C13H13N5O3S2/c14-11(20)9-5-18(7-3-1-2-4-8(7)21-9)10(19)6-22-13-17-16-12(15)23-13/h1-4,9H,5-6H2,(H2,14,20)(H2,15,16)/t9-/m1/s1. The van der Waals surface area contributed by atoms with Crippen LogP contribution in [0.1, 0.15) is 0 Å². The number of aromatic nitrogens is 2. The van der Waals surface area contributed by atoms with Crippen LogP contribution >= 0.6 is 23.1 Å². The van der Waals surface area contributed by atoms with E-state index in [-0.39, 0.29) is 18.2 Å². The average molecular weight is 351 g/mol. The molecule has 2 aromatic rings. The summed E-state index contributed by atoms with van der Waals surface area (Å²) in [5.41, 5.74) is 11.4. The molecule has 3 rings (SSSR count). The number of nitrogens with two attached hydrogens (primary N) is 2. The monoisotopic (exact) mass is 351 g/mol. The van der Waals surface area contributed by atoms with Crippen molar-refractivity contribution in [3.05, 3.63) is 24.3 Å². The van der Waals surface area contributed by atoms with Crippen LogP contribution in [0.15, 0.2) is 28.6 Å². The summed E-state index contributed by atoms with van der Waals surface area (Å²) < 4.78 is 6.14. The number of hydrogen-bond donors (Lipinski definition) is 2. The lowest BCUT2D eigenvalue weighted by molar-refractivity contribution is -0.125. The Labute approximate surface area is 139 Å². The lowest BCUT2D eigenvalue weighted by atomic mass is 10.2. The predicted molar refractivity (Wildman–Crippen MR) is 87.5 cm³/mol. The fourth-order valence-corrected chi connectivity index (χ4v) is 3.61. The van der Waals surface area contributed by atoms with Gasteiger partial charge in [0.15, 0.2) is 10.4 Å². The van der Waals surface area contributed by atoms with Gasteiger partial charge in [-0.05, 0) is 12.1 Å². The largest absolute Gasteiger partial charge is 0.477 e. The van der Waals surface area contributed by atoms with Gasteiger partial charge in [-0.1, -0.05) is 35.2 Å². The molecule has 0 spiro atoms. The second-order valence-corrected chi connectivity index (χ2v) is 6.91. The maximum absolute atomic E-state index is 12.5. The van der Waals surface area contributed by atoms with Crippen LogP contribution in [0.3, 0.4) is 0 Å². The number of carbonyl (C=O) groups is 2. The Hall–Kier alpha value is -2.33. The number of para-hydroxylation sites is 2. The highest BCUT2D eigenvalue weighted by molar-refractivity contribution is 8.01. The zero-order chi connectivity index (χ0) is 16.4. The molecular weight excluding hydrogens is 338 g/mol. The first-order valence-corrected chi connectivity index (χ1v) is 8.42. The number of primary amides is 1. The number of hydrogen-bond acceptors (Lipinski definition) is 8. The van der Waals surface area contributed by atoms with Crippen LogP contribution in [0.5, 0.6) is 5.75 Å². The first-order chi connectivity index (χ1) is 11.0. The topological polar surface area (TPSA) is 124 Å². The SMILES string of the molecule is NC(=O)[C@H]1CN(C(=O)CSc2nnc(N)s2)c2ccccc2O1. The lowest BCUT2D eigenvalue weighted by Gasteiger charge is -2.33. The molecule has 120 valence electrons. The summed E-state index contributed by atoms with van der Waals surface area (Å²) in [6.45, 7) is 0.0873. The molecule has 23 heavy (non-hydrogen) atoms. The number of nitrogens with zero attached hydrogens (tertiary/aromatic N) is 3. The number of carbonyl (C=O) groups excluding carboxylic acids is 2. The normalized spacial score (nSPS) is 16.5. The van der Waals surface area contributed by atoms with Crippen LogP contribution in [0.2, 0.25) is 0 Å². The van der Waals surface area contributed by atoms with Crippen LogP contribution in [0.25, 0.3) is 0 Å². The van der Waals surface area contributed by atoms with Crippen LogP contribution in [-0.2, 0) is 9.59 Å². The number of benzene rings is 1. The van der Waals surface area contributed by atoms with Crippen molar-refractivity contribution in [2.24, 2.45) is 5.73 Å². The molecule has 2 heterocycles. The number of amides is 2. The van der Waals surface area contributed by atoms with Gasteiger partial charge in [-0.3, -0.25) is 9.59 Å². The van der Waals surface area contributed by atoms with E-state index in [2.05, 4.69) is 10.2 Å². The van der Waals surface area contributed by atoms with Gasteiger partial charge in [0.2, 0.25) is 11.0 Å². The molecule has 0 saturated heterocycles. The van der Waals surface area contributed by atoms with Gasteiger partial charge in [0.05, 0.1) is 18.0 Å². The smallest absolute Gasteiger partial charge is 0.260 e. The molecule has 0 radical (unpaired) electrons. The van der Waals surface area contributed by atoms with Gasteiger partial charge in [0, 0.05) is 0 Å². The number of nitrogen functional groups attached to an aromatic ring is 1. The van der Waals surface area contributed by atoms with Gasteiger partial charge in [0.1, 0.15) is 5.75 Å². The van der Waals surface area contributed by atoms with E-state index in [9.17, 15) is 9.59 Å². The van der Waals surface area contributed by atoms with E-state index in [4.69, 9.17) is 16.2 Å². The quantitative estimate of drug-likeness (QED) is 0.768. The molecular formula is C13H13N5O3S2. The van der Waals surface area contributed by atoms with Crippen molar-refractivity contribution in [1.29, 1.82) is 0 Å². The van der Waals surface area contributed by atoms with Crippen molar-refractivity contribution < 1.29 is 14.3 Å². The van der Waals surface area contributed by atoms with Crippen LogP contribution in [0, 0.1) is 0 Å². The van der Waals surface area contributed by atoms with Crippen molar-refractivity contribution in [1.82, 2.24) is 10.2 Å². The minimum atomic E-state index is -0.865. The summed E-state index contributed by atoms with van der Waals surface area (Å²) in [5.74, 6) is -0.178. The molecule has 1 aliphatic heterocycles. The second-order valence-electron chi connectivity index (χ2n) is 4.68. The molecule has 0 aliphatic carbocycles. The van der Waals surface area contributed by atoms with Gasteiger partial charge in [-0.25, -0.2) is 0 Å². The van der Waals surface area contributed by atoms with Crippen molar-refractivity contribution in [2.45, 2.75) is 10.4 Å². The molecule has 0 saturated carbocycles. The number of ether oxygens (including phenoxy) is 1. The summed E-state index contributed by atoms with van der Waals surface area (Å²) in [7, 11) is 0. The molecule has 1 aliphatic rings. The van der Waals surface area contributed by atoms with Gasteiger partial charge in [-0.15, -0.1) is 10.2 Å². The van der Waals surface area contributed by atoms with E-state index < -0.39 is 12.0 Å². The van der Waals surface area contributed by atoms with E-state index in [1.165, 1.54) is 28.0 Å². The van der Waals surface area contributed by atoms with Gasteiger partial charge in [-0.2, -0.15) is 0 Å². The highest BCUT2D eigenvalue weighted by atomic mass is 32.2. The van der Waals surface area contributed by atoms with Gasteiger partial charge in [0.25, 0.3) is 5.91 Å². The molecule has 1 atom stereocenters. The van der Waals surface area contributed by atoms with Crippen LogP contribution < -0.4 is 21.1 Å². The summed E-state index contributed by atoms with van der Waals surface area (Å²) in [6.07, 6.45) is -0.865. The lowest BCUT2D eigenvalue weighted by Crippen LogP contribution is -2.49. The predicted octanol–water partition coefficient (Wildman–Crippen LogP) is 0.492. The molecule has 8 nitrogen and oxygen atoms in total. The van der Waals surface area contributed by atoms with Crippen molar-refractivity contribution in [3.63, 3.8) is 0 Å². The Morgan fingerprint density at radius 1 is 1.39 bits per heavy atom. The van der Waals surface area contributed by atoms with Crippen molar-refractivity contribution in [3.8, 4) is 5.75 Å². The molecule has 1 aromatic carbocycles. The number of fused-ring (bicyclic) bond motifs is 1. The van der Waals surface area contributed by atoms with E-state index in [0.29, 0.717) is 20.9 Å². The summed E-state index contributed by atoms with van der Waals surface area (Å²) in [5, 5.41) is 7.91. The Morgan fingerprint density at radius 3 is 2.87 bits per heavy atom. The fourth-order valence-electron chi connectivity index (χ4n) is 2.10. The molecule has 0 fully saturated rings. The highest BCUT2D eigenvalue weighted by Crippen LogP contribution is 2.34. The molecule has 4 N–H and O–H groups in total. The Morgan fingerprint density at radius 2 is 2.17 bits per heavy atom. The maximum atomic E-state index is 12.5. The molecule has 0 unspecified atom stereocenters. The zero-order valence-corrected chi connectivity index (χ0v) is 13.5. The van der Waals surface area contributed by atoms with Crippen LogP contribution in [-0.4, -0.2) is 40.4 Å². The first-order valence-electron chi connectivity index (χ1n) is 6.61. The third-order valence-corrected chi connectivity index (χ3v) is 5.00. The zero-order valence-electron chi connectivity index (χ0n) is 11.8. The van der Waals surface area contributed by atoms with E-state index >= 15 is 0 Å². The van der Waals surface area contributed by atoms with Crippen molar-refractivity contribution >= 4 is 45.7 Å². The maximum Gasteiger partial charge on any atom is 0.260 e. The van der Waals surface area contributed by atoms with Gasteiger partial charge >= 0.3 is 0 Å². The molecule has 10 heteroatoms. The van der Waals surface area contributed by atoms with Crippen molar-refractivity contribution in [2.75, 3.05) is 22.9 Å². The summed E-state index contributed by atoms with van der Waals surface area (Å²) >= 11 is 2.46. The average Bonchev–Trinajstić information content (AvgIpc) is 2.97. The minimum absolute atomic E-state index is 0.0873. The highest BCUT2D eigenvalue weighted by Gasteiger charge is 2.32. The number of thioether (sulfide) groups is 1. The number of rotatable bonds is 4. The second kappa shape index (κ2) is 6.42. The summed E-state index contributed by atoms with van der Waals surface area (Å²) in [4.78, 5) is 25.5. The fraction of sp³-hybridized carbons (Fsp3) is 0.231. The van der Waals surface area contributed by atoms with E-state index in [1.54, 1.807) is 24.3 Å². The van der Waals surface area contributed by atoms with Gasteiger partial charge < -0.3 is 21.1 Å². The van der Waals surface area contributed by atoms with E-state index in [0.717, 1.165) is 0 Å².